The van der Waals surface area contributed by atoms with Gasteiger partial charge >= 0.3 is 0 Å². The van der Waals surface area contributed by atoms with Gasteiger partial charge in [-0.25, -0.2) is 4.98 Å². The zero-order valence-corrected chi connectivity index (χ0v) is 29.8. The second kappa shape index (κ2) is 12.5. The Labute approximate surface area is 308 Å². The minimum Gasteiger partial charge on any atom is -0.463 e. The van der Waals surface area contributed by atoms with Crippen LogP contribution in [-0.4, -0.2) is 14.5 Å². The van der Waals surface area contributed by atoms with Crippen molar-refractivity contribution < 1.29 is 4.42 Å². The van der Waals surface area contributed by atoms with Gasteiger partial charge in [-0.15, -0.1) is 0 Å². The first-order chi connectivity index (χ1) is 25.8. The number of hydrogen-bond donors (Lipinski definition) is 0. The third kappa shape index (κ3) is 5.30. The van der Waals surface area contributed by atoms with Gasteiger partial charge in [-0.1, -0.05) is 112 Å². The number of nitrogens with zero attached hydrogens (tertiary/aromatic N) is 4. The Morgan fingerprint density at radius 3 is 2.08 bits per heavy atom. The molecular formula is C48H36N4O. The molecule has 4 heterocycles. The Bertz CT molecular complexity index is 2800. The Kier molecular flexibility index (Phi) is 7.57. The van der Waals surface area contributed by atoms with Gasteiger partial charge in [-0.3, -0.25) is 9.55 Å². The standard InChI is InChI=1S/C48H36N4O/c1-47(2,3)37-21-23-50-46(29-37)52-43-20-17-32(30-49)25-41(43)40-19-18-39(28-44(40)52)48(35-12-6-4-7-13-35,36-14-8-5-9-15-36)38-16-10-11-33(26-38)42-27-34-22-24-53-45(34)31-51-42/h4-29,31H,1-3H3. The fraction of sp³-hybridized carbons (Fsp3) is 0.104. The number of hydrogen-bond acceptors (Lipinski definition) is 4. The average Bonchev–Trinajstić information content (AvgIpc) is 3.80. The molecule has 5 heteroatoms. The van der Waals surface area contributed by atoms with Crippen molar-refractivity contribution in [2.75, 3.05) is 0 Å². The van der Waals surface area contributed by atoms with Gasteiger partial charge in [-0.2, -0.15) is 5.26 Å². The number of aromatic nitrogens is 3. The number of nitriles is 1. The zero-order valence-electron chi connectivity index (χ0n) is 29.8. The summed E-state index contributed by atoms with van der Waals surface area (Å²) in [6, 6.07) is 53.7. The third-order valence-electron chi connectivity index (χ3n) is 10.5. The molecule has 5 nitrogen and oxygen atoms in total. The normalized spacial score (nSPS) is 12.0. The van der Waals surface area contributed by atoms with Crippen molar-refractivity contribution in [1.29, 1.82) is 5.26 Å². The second-order valence-electron chi connectivity index (χ2n) is 14.7. The van der Waals surface area contributed by atoms with Crippen LogP contribution in [0.25, 0.3) is 49.9 Å². The van der Waals surface area contributed by atoms with Crippen LogP contribution < -0.4 is 0 Å². The zero-order chi connectivity index (χ0) is 36.2. The minimum atomic E-state index is -0.716. The molecule has 0 aliphatic heterocycles. The molecule has 4 aromatic heterocycles. The van der Waals surface area contributed by atoms with Crippen molar-refractivity contribution in [3.8, 4) is 23.1 Å². The summed E-state index contributed by atoms with van der Waals surface area (Å²) in [4.78, 5) is 9.76. The molecule has 254 valence electrons. The summed E-state index contributed by atoms with van der Waals surface area (Å²) in [6.07, 6.45) is 5.40. The van der Waals surface area contributed by atoms with Crippen LogP contribution in [-0.2, 0) is 10.8 Å². The summed E-state index contributed by atoms with van der Waals surface area (Å²) in [7, 11) is 0. The number of rotatable bonds is 6. The topological polar surface area (TPSA) is 67.6 Å². The van der Waals surface area contributed by atoms with Crippen LogP contribution in [0.4, 0.5) is 0 Å². The molecule has 0 spiro atoms. The van der Waals surface area contributed by atoms with Crippen LogP contribution in [0.1, 0.15) is 54.2 Å². The predicted octanol–water partition coefficient (Wildman–Crippen LogP) is 11.5. The Balaban J connectivity index is 1.37. The van der Waals surface area contributed by atoms with Crippen molar-refractivity contribution in [2.45, 2.75) is 31.6 Å². The highest BCUT2D eigenvalue weighted by Crippen LogP contribution is 2.47. The largest absolute Gasteiger partial charge is 0.463 e. The molecule has 0 unspecified atom stereocenters. The first-order valence-electron chi connectivity index (χ1n) is 17.9. The lowest BCUT2D eigenvalue weighted by Crippen LogP contribution is -2.31. The van der Waals surface area contributed by atoms with E-state index >= 15 is 0 Å². The van der Waals surface area contributed by atoms with Crippen LogP contribution in [0.3, 0.4) is 0 Å². The summed E-state index contributed by atoms with van der Waals surface area (Å²) in [5, 5.41) is 13.0. The maximum absolute atomic E-state index is 9.92. The second-order valence-corrected chi connectivity index (χ2v) is 14.7. The molecule has 0 radical (unpaired) electrons. The Morgan fingerprint density at radius 2 is 1.34 bits per heavy atom. The lowest BCUT2D eigenvalue weighted by Gasteiger charge is -2.37. The van der Waals surface area contributed by atoms with Crippen LogP contribution in [0.15, 0.2) is 169 Å². The Hall–Kier alpha value is -6.77. The van der Waals surface area contributed by atoms with E-state index in [4.69, 9.17) is 14.4 Å². The van der Waals surface area contributed by atoms with Crippen molar-refractivity contribution in [3.05, 3.63) is 198 Å². The molecule has 53 heavy (non-hydrogen) atoms. The van der Waals surface area contributed by atoms with Crippen LogP contribution >= 0.6 is 0 Å². The van der Waals surface area contributed by atoms with Crippen molar-refractivity contribution in [3.63, 3.8) is 0 Å². The van der Waals surface area contributed by atoms with Gasteiger partial charge < -0.3 is 4.42 Å². The first kappa shape index (κ1) is 32.2. The molecule has 0 aliphatic carbocycles. The van der Waals surface area contributed by atoms with E-state index in [1.165, 1.54) is 5.56 Å². The number of furan rings is 1. The van der Waals surface area contributed by atoms with E-state index in [0.29, 0.717) is 5.56 Å². The van der Waals surface area contributed by atoms with Crippen LogP contribution in [0.2, 0.25) is 0 Å². The lowest BCUT2D eigenvalue weighted by atomic mass is 9.65. The van der Waals surface area contributed by atoms with Gasteiger partial charge in [0.05, 0.1) is 46.2 Å². The van der Waals surface area contributed by atoms with Gasteiger partial charge in [0.15, 0.2) is 5.58 Å². The molecule has 0 saturated heterocycles. The van der Waals surface area contributed by atoms with Crippen LogP contribution in [0.5, 0.6) is 0 Å². The van der Waals surface area contributed by atoms with E-state index in [0.717, 1.165) is 72.1 Å². The fourth-order valence-corrected chi connectivity index (χ4v) is 7.89. The van der Waals surface area contributed by atoms with Gasteiger partial charge in [-0.05, 0) is 87.8 Å². The van der Waals surface area contributed by atoms with E-state index in [-0.39, 0.29) is 5.41 Å². The highest BCUT2D eigenvalue weighted by molar-refractivity contribution is 6.10. The third-order valence-corrected chi connectivity index (χ3v) is 10.5. The van der Waals surface area contributed by atoms with E-state index in [9.17, 15) is 5.26 Å². The molecular weight excluding hydrogens is 649 g/mol. The molecule has 5 aromatic carbocycles. The van der Waals surface area contributed by atoms with E-state index in [2.05, 4.69) is 153 Å². The van der Waals surface area contributed by atoms with Crippen molar-refractivity contribution >= 4 is 32.8 Å². The number of benzene rings is 5. The first-order valence-corrected chi connectivity index (χ1v) is 17.9. The van der Waals surface area contributed by atoms with Gasteiger partial charge in [0.2, 0.25) is 0 Å². The molecule has 0 aliphatic rings. The van der Waals surface area contributed by atoms with E-state index < -0.39 is 5.41 Å². The van der Waals surface area contributed by atoms with Gasteiger partial charge in [0, 0.05) is 27.9 Å². The minimum absolute atomic E-state index is 0.0621. The maximum atomic E-state index is 9.92. The molecule has 9 rings (SSSR count). The summed E-state index contributed by atoms with van der Waals surface area (Å²) in [5.74, 6) is 0.840. The average molecular weight is 685 g/mol. The van der Waals surface area contributed by atoms with Crippen LogP contribution in [0, 0.1) is 11.3 Å². The van der Waals surface area contributed by atoms with Crippen molar-refractivity contribution in [1.82, 2.24) is 14.5 Å². The van der Waals surface area contributed by atoms with E-state index in [1.54, 1.807) is 12.5 Å². The smallest absolute Gasteiger partial charge is 0.152 e. The molecule has 0 bridgehead atoms. The number of pyridine rings is 2. The molecule has 0 fully saturated rings. The van der Waals surface area contributed by atoms with Crippen molar-refractivity contribution in [2.24, 2.45) is 0 Å². The van der Waals surface area contributed by atoms with Gasteiger partial charge in [0.25, 0.3) is 0 Å². The monoisotopic (exact) mass is 684 g/mol. The number of fused-ring (bicyclic) bond motifs is 4. The Morgan fingerprint density at radius 1 is 0.604 bits per heavy atom. The SMILES string of the molecule is CC(C)(C)c1ccnc(-n2c3ccc(C#N)cc3c3ccc(C(c4ccccc4)(c4ccccc4)c4cccc(-c5cc6ccoc6cn5)c4)cc32)c1. The highest BCUT2D eigenvalue weighted by Gasteiger charge is 2.39. The summed E-state index contributed by atoms with van der Waals surface area (Å²) in [6.45, 7) is 6.67. The summed E-state index contributed by atoms with van der Waals surface area (Å²) >= 11 is 0. The molecule has 9 aromatic rings. The quantitative estimate of drug-likeness (QED) is 0.164. The molecule has 0 saturated carbocycles. The molecule has 0 amide bonds. The summed E-state index contributed by atoms with van der Waals surface area (Å²) < 4.78 is 7.87. The molecule has 0 atom stereocenters. The lowest BCUT2D eigenvalue weighted by molar-refractivity contribution is 0.588. The van der Waals surface area contributed by atoms with E-state index in [1.807, 2.05) is 30.5 Å². The maximum Gasteiger partial charge on any atom is 0.152 e. The van der Waals surface area contributed by atoms with Gasteiger partial charge in [0.1, 0.15) is 5.82 Å². The summed E-state index contributed by atoms with van der Waals surface area (Å²) in [5.41, 5.74) is 10.2. The highest BCUT2D eigenvalue weighted by atomic mass is 16.3. The fourth-order valence-electron chi connectivity index (χ4n) is 7.89. The molecule has 0 N–H and O–H groups in total. The predicted molar refractivity (Wildman–Crippen MR) is 213 cm³/mol.